The zero-order valence-corrected chi connectivity index (χ0v) is 15.8. The number of benzene rings is 1. The van der Waals surface area contributed by atoms with E-state index in [0.717, 1.165) is 16.5 Å². The standard InChI is InChI=1S/C19H19NO4S2/c1-15-6-8-16(9-7-15)10-13-26(22,23)20-14-19(21,17-4-2-11-24-17)18-5-3-12-25-18/h2-13,20-21H,14H2,1H3/b13-10+. The Morgan fingerprint density at radius 1 is 1.19 bits per heavy atom. The summed E-state index contributed by atoms with van der Waals surface area (Å²) < 4.78 is 32.4. The molecule has 2 heterocycles. The third-order valence-corrected chi connectivity index (χ3v) is 5.97. The summed E-state index contributed by atoms with van der Waals surface area (Å²) in [5, 5.41) is 14.0. The Balaban J connectivity index is 1.77. The van der Waals surface area contributed by atoms with Gasteiger partial charge in [-0.2, -0.15) is 0 Å². The topological polar surface area (TPSA) is 79.5 Å². The first-order valence-electron chi connectivity index (χ1n) is 7.94. The zero-order valence-electron chi connectivity index (χ0n) is 14.1. The maximum Gasteiger partial charge on any atom is 0.233 e. The van der Waals surface area contributed by atoms with Crippen LogP contribution in [0.3, 0.4) is 0 Å². The van der Waals surface area contributed by atoms with Gasteiger partial charge in [0.25, 0.3) is 0 Å². The van der Waals surface area contributed by atoms with Crippen molar-refractivity contribution in [2.24, 2.45) is 0 Å². The molecule has 3 rings (SSSR count). The predicted octanol–water partition coefficient (Wildman–Crippen LogP) is 3.48. The monoisotopic (exact) mass is 389 g/mol. The minimum absolute atomic E-state index is 0.235. The first-order chi connectivity index (χ1) is 12.4. The van der Waals surface area contributed by atoms with Crippen molar-refractivity contribution in [1.82, 2.24) is 4.72 Å². The molecule has 1 aromatic carbocycles. The first kappa shape index (κ1) is 18.6. The summed E-state index contributed by atoms with van der Waals surface area (Å²) in [6.45, 7) is 1.73. The second kappa shape index (κ2) is 7.59. The third kappa shape index (κ3) is 4.31. The van der Waals surface area contributed by atoms with Crippen molar-refractivity contribution in [3.8, 4) is 0 Å². The van der Waals surface area contributed by atoms with Gasteiger partial charge in [-0.3, -0.25) is 0 Å². The largest absolute Gasteiger partial charge is 0.466 e. The molecular formula is C19H19NO4S2. The number of aryl methyl sites for hydroxylation is 1. The van der Waals surface area contributed by atoms with E-state index in [2.05, 4.69) is 4.72 Å². The molecule has 2 N–H and O–H groups in total. The van der Waals surface area contributed by atoms with Crippen LogP contribution in [0.4, 0.5) is 0 Å². The Hall–Kier alpha value is -2.19. The van der Waals surface area contributed by atoms with Gasteiger partial charge >= 0.3 is 0 Å². The van der Waals surface area contributed by atoms with E-state index < -0.39 is 15.6 Å². The van der Waals surface area contributed by atoms with E-state index in [1.165, 1.54) is 23.7 Å². The minimum atomic E-state index is -3.73. The highest BCUT2D eigenvalue weighted by atomic mass is 32.2. The number of furan rings is 1. The lowest BCUT2D eigenvalue weighted by Gasteiger charge is -2.24. The van der Waals surface area contributed by atoms with Gasteiger partial charge in [-0.05, 0) is 42.1 Å². The molecule has 2 aromatic heterocycles. The lowest BCUT2D eigenvalue weighted by atomic mass is 9.99. The average Bonchev–Trinajstić information content (AvgIpc) is 3.33. The Morgan fingerprint density at radius 3 is 2.58 bits per heavy atom. The van der Waals surface area contributed by atoms with Gasteiger partial charge in [-0.1, -0.05) is 35.9 Å². The summed E-state index contributed by atoms with van der Waals surface area (Å²) in [6, 6.07) is 14.3. The van der Waals surface area contributed by atoms with Crippen molar-refractivity contribution in [1.29, 1.82) is 0 Å². The van der Waals surface area contributed by atoms with Crippen LogP contribution in [-0.2, 0) is 15.6 Å². The van der Waals surface area contributed by atoms with E-state index in [9.17, 15) is 13.5 Å². The molecule has 0 amide bonds. The van der Waals surface area contributed by atoms with Gasteiger partial charge in [0.15, 0.2) is 5.60 Å². The quantitative estimate of drug-likeness (QED) is 0.648. The van der Waals surface area contributed by atoms with Gasteiger partial charge in [0.05, 0.1) is 12.8 Å². The molecule has 136 valence electrons. The van der Waals surface area contributed by atoms with Gasteiger partial charge in [0.2, 0.25) is 10.0 Å². The van der Waals surface area contributed by atoms with Gasteiger partial charge in [0.1, 0.15) is 5.76 Å². The number of aliphatic hydroxyl groups is 1. The average molecular weight is 389 g/mol. The van der Waals surface area contributed by atoms with Crippen LogP contribution in [0.1, 0.15) is 21.8 Å². The van der Waals surface area contributed by atoms with Crippen LogP contribution in [0.15, 0.2) is 70.0 Å². The summed E-state index contributed by atoms with van der Waals surface area (Å²) >= 11 is 1.33. The van der Waals surface area contributed by atoms with Crippen molar-refractivity contribution in [3.05, 3.63) is 87.3 Å². The minimum Gasteiger partial charge on any atom is -0.466 e. The van der Waals surface area contributed by atoms with Crippen molar-refractivity contribution in [2.45, 2.75) is 12.5 Å². The smallest absolute Gasteiger partial charge is 0.233 e. The number of sulfonamides is 1. The number of thiophene rings is 1. The van der Waals surface area contributed by atoms with Gasteiger partial charge < -0.3 is 9.52 Å². The SMILES string of the molecule is Cc1ccc(/C=C/S(=O)(=O)NCC(O)(c2ccco2)c2cccs2)cc1. The zero-order chi connectivity index (χ0) is 18.6. The van der Waals surface area contributed by atoms with E-state index in [4.69, 9.17) is 4.42 Å². The molecule has 1 unspecified atom stereocenters. The molecule has 0 aliphatic carbocycles. The molecule has 0 fully saturated rings. The fraction of sp³-hybridized carbons (Fsp3) is 0.158. The molecule has 26 heavy (non-hydrogen) atoms. The van der Waals surface area contributed by atoms with Crippen molar-refractivity contribution in [2.75, 3.05) is 6.54 Å². The van der Waals surface area contributed by atoms with Gasteiger partial charge in [0, 0.05) is 10.3 Å². The first-order valence-corrected chi connectivity index (χ1v) is 10.4. The fourth-order valence-corrected chi connectivity index (χ4v) is 4.09. The normalized spacial score (nSPS) is 14.5. The number of hydrogen-bond acceptors (Lipinski definition) is 5. The number of nitrogens with one attached hydrogen (secondary N) is 1. The van der Waals surface area contributed by atoms with Crippen molar-refractivity contribution >= 4 is 27.4 Å². The molecule has 7 heteroatoms. The number of rotatable bonds is 7. The Bertz CT molecular complexity index is 923. The second-order valence-electron chi connectivity index (χ2n) is 5.89. The van der Waals surface area contributed by atoms with Crippen molar-refractivity contribution < 1.29 is 17.9 Å². The van der Waals surface area contributed by atoms with E-state index in [1.807, 2.05) is 36.6 Å². The van der Waals surface area contributed by atoms with E-state index in [-0.39, 0.29) is 12.3 Å². The van der Waals surface area contributed by atoms with Crippen LogP contribution in [0.25, 0.3) is 6.08 Å². The highest BCUT2D eigenvalue weighted by Crippen LogP contribution is 2.32. The molecule has 0 saturated carbocycles. The maximum absolute atomic E-state index is 12.3. The highest BCUT2D eigenvalue weighted by molar-refractivity contribution is 7.92. The predicted molar refractivity (Wildman–Crippen MR) is 103 cm³/mol. The van der Waals surface area contributed by atoms with E-state index >= 15 is 0 Å². The summed E-state index contributed by atoms with van der Waals surface area (Å²) in [7, 11) is -3.73. The van der Waals surface area contributed by atoms with Crippen LogP contribution in [0, 0.1) is 6.92 Å². The molecule has 0 radical (unpaired) electrons. The summed E-state index contributed by atoms with van der Waals surface area (Å²) in [5.74, 6) is 0.283. The van der Waals surface area contributed by atoms with Crippen LogP contribution in [0.2, 0.25) is 0 Å². The summed E-state index contributed by atoms with van der Waals surface area (Å²) in [4.78, 5) is 0.595. The van der Waals surface area contributed by atoms with Crippen molar-refractivity contribution in [3.63, 3.8) is 0 Å². The molecule has 0 bridgehead atoms. The van der Waals surface area contributed by atoms with Gasteiger partial charge in [-0.25, -0.2) is 13.1 Å². The Labute approximate surface area is 156 Å². The molecule has 1 atom stereocenters. The van der Waals surface area contributed by atoms with Crippen LogP contribution in [0.5, 0.6) is 0 Å². The highest BCUT2D eigenvalue weighted by Gasteiger charge is 2.36. The van der Waals surface area contributed by atoms with Gasteiger partial charge in [-0.15, -0.1) is 11.3 Å². The van der Waals surface area contributed by atoms with Crippen LogP contribution in [-0.4, -0.2) is 20.1 Å². The molecular weight excluding hydrogens is 370 g/mol. The lowest BCUT2D eigenvalue weighted by Crippen LogP contribution is -2.40. The second-order valence-corrected chi connectivity index (χ2v) is 8.49. The molecule has 3 aromatic rings. The summed E-state index contributed by atoms with van der Waals surface area (Å²) in [5.41, 5.74) is 0.311. The molecule has 0 aliphatic heterocycles. The lowest BCUT2D eigenvalue weighted by molar-refractivity contribution is 0.0656. The Kier molecular flexibility index (Phi) is 5.43. The third-order valence-electron chi connectivity index (χ3n) is 3.90. The van der Waals surface area contributed by atoms with Crippen LogP contribution >= 0.6 is 11.3 Å². The molecule has 0 spiro atoms. The van der Waals surface area contributed by atoms with E-state index in [0.29, 0.717) is 4.88 Å². The number of hydrogen-bond donors (Lipinski definition) is 2. The maximum atomic E-state index is 12.3. The molecule has 5 nitrogen and oxygen atoms in total. The molecule has 0 saturated heterocycles. The van der Waals surface area contributed by atoms with E-state index in [1.54, 1.807) is 24.3 Å². The molecule has 0 aliphatic rings. The van der Waals surface area contributed by atoms with Crippen LogP contribution < -0.4 is 4.72 Å². The summed E-state index contributed by atoms with van der Waals surface area (Å²) in [6.07, 6.45) is 2.96. The Morgan fingerprint density at radius 2 is 1.96 bits per heavy atom. The fourth-order valence-electron chi connectivity index (χ4n) is 2.42.